The number of aliphatic hydroxyl groups is 1. The molecule has 0 spiro atoms. The van der Waals surface area contributed by atoms with Crippen LogP contribution in [0.15, 0.2) is 24.3 Å². The van der Waals surface area contributed by atoms with Crippen LogP contribution in [0.25, 0.3) is 0 Å². The van der Waals surface area contributed by atoms with E-state index < -0.39 is 0 Å². The monoisotopic (exact) mass is 263 g/mol. The average molecular weight is 263 g/mol. The third-order valence-electron chi connectivity index (χ3n) is 4.25. The maximum Gasteiger partial charge on any atom is 0.119 e. The number of anilines is 1. The molecule has 2 rings (SSSR count). The van der Waals surface area contributed by atoms with E-state index in [1.807, 2.05) is 12.1 Å². The van der Waals surface area contributed by atoms with E-state index in [1.54, 1.807) is 7.11 Å². The molecule has 1 N–H and O–H groups in total. The molecule has 1 heterocycles. The van der Waals surface area contributed by atoms with Crippen molar-refractivity contribution < 1.29 is 9.84 Å². The minimum atomic E-state index is 0.221. The summed E-state index contributed by atoms with van der Waals surface area (Å²) in [5, 5.41) is 9.62. The van der Waals surface area contributed by atoms with Gasteiger partial charge >= 0.3 is 0 Å². The van der Waals surface area contributed by atoms with Gasteiger partial charge in [0.2, 0.25) is 0 Å². The smallest absolute Gasteiger partial charge is 0.119 e. The first kappa shape index (κ1) is 14.2. The molecule has 0 aromatic heterocycles. The molecular weight excluding hydrogens is 238 g/mol. The zero-order valence-electron chi connectivity index (χ0n) is 12.4. The standard InChI is InChI=1S/C16H25NO2/c1-16(2,3)12-9-14(11-18)17(10-12)13-5-7-15(19-4)8-6-13/h5-8,12,14,18H,9-11H2,1-4H3/t12-,14+/m0/s1. The highest BCUT2D eigenvalue weighted by atomic mass is 16.5. The fourth-order valence-corrected chi connectivity index (χ4v) is 2.81. The number of hydrogen-bond acceptors (Lipinski definition) is 3. The summed E-state index contributed by atoms with van der Waals surface area (Å²) in [6.45, 7) is 8.08. The first-order valence-electron chi connectivity index (χ1n) is 6.97. The van der Waals surface area contributed by atoms with Crippen LogP contribution < -0.4 is 9.64 Å². The van der Waals surface area contributed by atoms with Crippen molar-refractivity contribution in [3.05, 3.63) is 24.3 Å². The predicted molar refractivity (Wildman–Crippen MR) is 78.8 cm³/mol. The summed E-state index contributed by atoms with van der Waals surface area (Å²) in [5.74, 6) is 1.49. The molecule has 1 aliphatic heterocycles. The first-order chi connectivity index (χ1) is 8.95. The Balaban J connectivity index is 2.17. The topological polar surface area (TPSA) is 32.7 Å². The van der Waals surface area contributed by atoms with Gasteiger partial charge in [0.25, 0.3) is 0 Å². The van der Waals surface area contributed by atoms with Crippen LogP contribution in [0.5, 0.6) is 5.75 Å². The Morgan fingerprint density at radius 1 is 1.26 bits per heavy atom. The third kappa shape index (κ3) is 3.03. The number of rotatable bonds is 3. The van der Waals surface area contributed by atoms with Crippen LogP contribution >= 0.6 is 0 Å². The Hall–Kier alpha value is -1.22. The lowest BCUT2D eigenvalue weighted by atomic mass is 9.79. The van der Waals surface area contributed by atoms with Crippen molar-refractivity contribution in [3.8, 4) is 5.75 Å². The van der Waals surface area contributed by atoms with Crippen molar-refractivity contribution in [1.82, 2.24) is 0 Å². The molecule has 1 saturated heterocycles. The second-order valence-electron chi connectivity index (χ2n) is 6.49. The molecule has 0 amide bonds. The minimum absolute atomic E-state index is 0.221. The SMILES string of the molecule is COc1ccc(N2C[C@@H](C(C)(C)C)C[C@@H]2CO)cc1. The van der Waals surface area contributed by atoms with E-state index in [-0.39, 0.29) is 18.1 Å². The van der Waals surface area contributed by atoms with Gasteiger partial charge in [-0.3, -0.25) is 0 Å². The van der Waals surface area contributed by atoms with Gasteiger partial charge in [-0.15, -0.1) is 0 Å². The molecule has 0 unspecified atom stereocenters. The largest absolute Gasteiger partial charge is 0.497 e. The Labute approximate surface area is 116 Å². The van der Waals surface area contributed by atoms with E-state index in [4.69, 9.17) is 4.74 Å². The van der Waals surface area contributed by atoms with Gasteiger partial charge in [-0.05, 0) is 42.0 Å². The minimum Gasteiger partial charge on any atom is -0.497 e. The molecule has 1 aromatic carbocycles. The second kappa shape index (κ2) is 5.41. The van der Waals surface area contributed by atoms with E-state index in [2.05, 4.69) is 37.8 Å². The summed E-state index contributed by atoms with van der Waals surface area (Å²) < 4.78 is 5.19. The van der Waals surface area contributed by atoms with Crippen LogP contribution in [-0.2, 0) is 0 Å². The van der Waals surface area contributed by atoms with Crippen molar-refractivity contribution in [2.75, 3.05) is 25.2 Å². The number of methoxy groups -OCH3 is 1. The zero-order valence-corrected chi connectivity index (χ0v) is 12.4. The van der Waals surface area contributed by atoms with Gasteiger partial charge in [0.05, 0.1) is 19.8 Å². The van der Waals surface area contributed by atoms with E-state index in [9.17, 15) is 5.11 Å². The van der Waals surface area contributed by atoms with Crippen molar-refractivity contribution in [2.24, 2.45) is 11.3 Å². The molecule has 1 aromatic rings. The molecule has 3 heteroatoms. The van der Waals surface area contributed by atoms with Crippen molar-refractivity contribution in [2.45, 2.75) is 33.2 Å². The predicted octanol–water partition coefficient (Wildman–Crippen LogP) is 2.93. The van der Waals surface area contributed by atoms with Crippen molar-refractivity contribution in [1.29, 1.82) is 0 Å². The zero-order chi connectivity index (χ0) is 14.0. The number of hydrogen-bond donors (Lipinski definition) is 1. The lowest BCUT2D eigenvalue weighted by Crippen LogP contribution is -2.32. The second-order valence-corrected chi connectivity index (χ2v) is 6.49. The van der Waals surface area contributed by atoms with Crippen LogP contribution in [0.4, 0.5) is 5.69 Å². The third-order valence-corrected chi connectivity index (χ3v) is 4.25. The molecule has 106 valence electrons. The highest BCUT2D eigenvalue weighted by Crippen LogP contribution is 2.39. The average Bonchev–Trinajstić information content (AvgIpc) is 2.83. The van der Waals surface area contributed by atoms with Crippen LogP contribution in [0, 0.1) is 11.3 Å². The van der Waals surface area contributed by atoms with Gasteiger partial charge in [-0.2, -0.15) is 0 Å². The Kier molecular flexibility index (Phi) is 4.04. The molecule has 3 nitrogen and oxygen atoms in total. The van der Waals surface area contributed by atoms with E-state index >= 15 is 0 Å². The fourth-order valence-electron chi connectivity index (χ4n) is 2.81. The molecule has 0 saturated carbocycles. The Morgan fingerprint density at radius 3 is 2.37 bits per heavy atom. The van der Waals surface area contributed by atoms with Crippen LogP contribution in [0.2, 0.25) is 0 Å². The lowest BCUT2D eigenvalue weighted by Gasteiger charge is -2.28. The number of benzene rings is 1. The summed E-state index contributed by atoms with van der Waals surface area (Å²) in [5.41, 5.74) is 1.46. The normalized spacial score (nSPS) is 23.7. The summed E-state index contributed by atoms with van der Waals surface area (Å²) in [6, 6.07) is 8.35. The first-order valence-corrected chi connectivity index (χ1v) is 6.97. The molecule has 1 aliphatic rings. The van der Waals surface area contributed by atoms with E-state index in [1.165, 1.54) is 5.69 Å². The van der Waals surface area contributed by atoms with Gasteiger partial charge in [-0.1, -0.05) is 20.8 Å². The summed E-state index contributed by atoms with van der Waals surface area (Å²) in [6.07, 6.45) is 1.06. The maximum absolute atomic E-state index is 9.62. The fraction of sp³-hybridized carbons (Fsp3) is 0.625. The molecule has 2 atom stereocenters. The Bertz CT molecular complexity index is 408. The van der Waals surface area contributed by atoms with E-state index in [0.717, 1.165) is 18.7 Å². The van der Waals surface area contributed by atoms with Crippen LogP contribution in [0.1, 0.15) is 27.2 Å². The summed E-state index contributed by atoms with van der Waals surface area (Å²) >= 11 is 0. The van der Waals surface area contributed by atoms with Gasteiger partial charge in [0.1, 0.15) is 5.75 Å². The van der Waals surface area contributed by atoms with Gasteiger partial charge in [-0.25, -0.2) is 0 Å². The highest BCUT2D eigenvalue weighted by Gasteiger charge is 2.37. The maximum atomic E-state index is 9.62. The summed E-state index contributed by atoms with van der Waals surface area (Å²) in [4.78, 5) is 2.33. The number of aliphatic hydroxyl groups excluding tert-OH is 1. The molecule has 1 fully saturated rings. The molecule has 0 bridgehead atoms. The number of nitrogens with zero attached hydrogens (tertiary/aromatic N) is 1. The van der Waals surface area contributed by atoms with Crippen LogP contribution in [-0.4, -0.2) is 31.4 Å². The molecule has 0 radical (unpaired) electrons. The van der Waals surface area contributed by atoms with Crippen molar-refractivity contribution in [3.63, 3.8) is 0 Å². The van der Waals surface area contributed by atoms with Gasteiger partial charge in [0, 0.05) is 12.2 Å². The van der Waals surface area contributed by atoms with Gasteiger partial charge < -0.3 is 14.7 Å². The van der Waals surface area contributed by atoms with Crippen LogP contribution in [0.3, 0.4) is 0 Å². The molecule has 19 heavy (non-hydrogen) atoms. The lowest BCUT2D eigenvalue weighted by molar-refractivity contribution is 0.230. The highest BCUT2D eigenvalue weighted by molar-refractivity contribution is 5.51. The quantitative estimate of drug-likeness (QED) is 0.910. The Morgan fingerprint density at radius 2 is 1.89 bits per heavy atom. The molecular formula is C16H25NO2. The van der Waals surface area contributed by atoms with Gasteiger partial charge in [0.15, 0.2) is 0 Å². The number of ether oxygens (including phenoxy) is 1. The van der Waals surface area contributed by atoms with E-state index in [0.29, 0.717) is 5.92 Å². The van der Waals surface area contributed by atoms with Crippen molar-refractivity contribution >= 4 is 5.69 Å². The summed E-state index contributed by atoms with van der Waals surface area (Å²) in [7, 11) is 1.68. The molecule has 0 aliphatic carbocycles.